The van der Waals surface area contributed by atoms with E-state index in [1.54, 1.807) is 22.9 Å². The van der Waals surface area contributed by atoms with E-state index in [4.69, 9.17) is 10.5 Å². The quantitative estimate of drug-likeness (QED) is 0.297. The number of aryl methyl sites for hydroxylation is 1. The predicted octanol–water partition coefficient (Wildman–Crippen LogP) is 5.00. The third-order valence-corrected chi connectivity index (χ3v) is 7.54. The fourth-order valence-electron chi connectivity index (χ4n) is 5.43. The van der Waals surface area contributed by atoms with E-state index in [1.165, 1.54) is 12.5 Å². The number of nitrogens with one attached hydrogen (secondary N) is 1. The number of pyridine rings is 1. The average molecular weight is 571 g/mol. The minimum Gasteiger partial charge on any atom is -0.383 e. The van der Waals surface area contributed by atoms with Gasteiger partial charge in [0, 0.05) is 68.3 Å². The summed E-state index contributed by atoms with van der Waals surface area (Å²) in [5.41, 5.74) is 8.32. The number of ether oxygens (including phenoxy) is 1. The van der Waals surface area contributed by atoms with Gasteiger partial charge in [0.05, 0.1) is 5.39 Å². The molecule has 1 aliphatic heterocycles. The molecule has 0 atom stereocenters. The Kier molecular flexibility index (Phi) is 7.26. The molecule has 6 rings (SSSR count). The Labute approximate surface area is 239 Å². The van der Waals surface area contributed by atoms with Crippen LogP contribution >= 0.6 is 0 Å². The highest BCUT2D eigenvalue weighted by atomic mass is 19.1. The van der Waals surface area contributed by atoms with Crippen molar-refractivity contribution in [2.75, 3.05) is 24.3 Å². The van der Waals surface area contributed by atoms with Gasteiger partial charge in [-0.2, -0.15) is 0 Å². The summed E-state index contributed by atoms with van der Waals surface area (Å²) in [5, 5.41) is 3.52. The van der Waals surface area contributed by atoms with Crippen LogP contribution in [0.15, 0.2) is 72.2 Å². The topological polar surface area (TPSA) is 117 Å². The SMILES string of the molecule is Cn1cc(-c2ccc(NC(=O)c3cn(CC4CCOCC4)cc(-c4cc(F)cc(F)c4)c3=O)cc2)c2c(N)ncnc21. The van der Waals surface area contributed by atoms with Crippen molar-refractivity contribution in [1.82, 2.24) is 19.1 Å². The van der Waals surface area contributed by atoms with Gasteiger partial charge in [0.25, 0.3) is 5.91 Å². The van der Waals surface area contributed by atoms with Crippen LogP contribution in [-0.2, 0) is 18.3 Å². The van der Waals surface area contributed by atoms with Gasteiger partial charge in [0.1, 0.15) is 35.0 Å². The standard InChI is InChI=1S/C31H28F2N6O3/c1-38-14-24(27-29(34)35-17-36-30(27)38)19-2-4-23(5-3-19)37-31(41)26-16-39(13-18-6-8-42-9-7-18)15-25(28(26)40)20-10-21(32)12-22(33)11-20/h2-5,10-12,14-18H,6-9,13H2,1H3,(H,37,41)(H2,34,35,36). The Bertz CT molecular complexity index is 1840. The number of nitrogens with zero attached hydrogens (tertiary/aromatic N) is 4. The van der Waals surface area contributed by atoms with E-state index < -0.39 is 23.0 Å². The molecule has 4 heterocycles. The van der Waals surface area contributed by atoms with Crippen LogP contribution in [0.2, 0.25) is 0 Å². The average Bonchev–Trinajstić information content (AvgIpc) is 3.31. The van der Waals surface area contributed by atoms with E-state index in [1.807, 2.05) is 29.9 Å². The number of nitrogens with two attached hydrogens (primary N) is 1. The molecule has 1 amide bonds. The summed E-state index contributed by atoms with van der Waals surface area (Å²) in [6.45, 7) is 1.80. The molecular weight excluding hydrogens is 542 g/mol. The molecule has 214 valence electrons. The minimum absolute atomic E-state index is 0.0409. The van der Waals surface area contributed by atoms with Crippen molar-refractivity contribution >= 4 is 28.4 Å². The third kappa shape index (κ3) is 5.38. The van der Waals surface area contributed by atoms with Gasteiger partial charge in [-0.15, -0.1) is 0 Å². The normalized spacial score (nSPS) is 13.9. The maximum Gasteiger partial charge on any atom is 0.261 e. The highest BCUT2D eigenvalue weighted by Crippen LogP contribution is 2.32. The number of nitrogen functional groups attached to an aromatic ring is 1. The highest BCUT2D eigenvalue weighted by Gasteiger charge is 2.20. The van der Waals surface area contributed by atoms with Crippen molar-refractivity contribution in [3.63, 3.8) is 0 Å². The maximum absolute atomic E-state index is 14.1. The van der Waals surface area contributed by atoms with Gasteiger partial charge in [-0.25, -0.2) is 18.7 Å². The number of anilines is 2. The molecule has 0 bridgehead atoms. The van der Waals surface area contributed by atoms with E-state index in [9.17, 15) is 18.4 Å². The van der Waals surface area contributed by atoms with E-state index in [-0.39, 0.29) is 22.6 Å². The molecule has 0 unspecified atom stereocenters. The first-order valence-corrected chi connectivity index (χ1v) is 13.5. The lowest BCUT2D eigenvalue weighted by Gasteiger charge is -2.23. The summed E-state index contributed by atoms with van der Waals surface area (Å²) in [7, 11) is 1.87. The fourth-order valence-corrected chi connectivity index (χ4v) is 5.43. The number of fused-ring (bicyclic) bond motifs is 1. The zero-order chi connectivity index (χ0) is 29.4. The van der Waals surface area contributed by atoms with Crippen LogP contribution in [0.5, 0.6) is 0 Å². The maximum atomic E-state index is 14.1. The van der Waals surface area contributed by atoms with Crippen LogP contribution in [-0.4, -0.2) is 38.2 Å². The lowest BCUT2D eigenvalue weighted by Crippen LogP contribution is -2.26. The summed E-state index contributed by atoms with van der Waals surface area (Å²) in [5.74, 6) is -1.61. The number of hydrogen-bond donors (Lipinski definition) is 2. The first-order valence-electron chi connectivity index (χ1n) is 13.5. The Morgan fingerprint density at radius 1 is 1.00 bits per heavy atom. The van der Waals surface area contributed by atoms with E-state index in [2.05, 4.69) is 15.3 Å². The summed E-state index contributed by atoms with van der Waals surface area (Å²) in [6.07, 6.45) is 8.04. The van der Waals surface area contributed by atoms with Gasteiger partial charge < -0.3 is 24.9 Å². The lowest BCUT2D eigenvalue weighted by atomic mass is 9.99. The van der Waals surface area contributed by atoms with Crippen LogP contribution in [0.1, 0.15) is 23.2 Å². The van der Waals surface area contributed by atoms with Crippen molar-refractivity contribution in [2.24, 2.45) is 13.0 Å². The zero-order valence-corrected chi connectivity index (χ0v) is 22.8. The summed E-state index contributed by atoms with van der Waals surface area (Å²) in [6, 6.07) is 10.0. The van der Waals surface area contributed by atoms with Gasteiger partial charge in [-0.1, -0.05) is 12.1 Å². The Morgan fingerprint density at radius 3 is 2.43 bits per heavy atom. The summed E-state index contributed by atoms with van der Waals surface area (Å²) < 4.78 is 37.2. The fraction of sp³-hybridized carbons (Fsp3) is 0.226. The molecule has 2 aromatic carbocycles. The number of amides is 1. The smallest absolute Gasteiger partial charge is 0.261 e. The van der Waals surface area contributed by atoms with Crippen molar-refractivity contribution in [3.8, 4) is 22.3 Å². The molecule has 1 saturated heterocycles. The Morgan fingerprint density at radius 2 is 1.71 bits per heavy atom. The molecule has 3 aromatic heterocycles. The van der Waals surface area contributed by atoms with E-state index in [0.29, 0.717) is 36.9 Å². The number of carbonyl (C=O) groups excluding carboxylic acids is 1. The molecule has 1 fully saturated rings. The molecule has 0 aliphatic carbocycles. The molecule has 0 saturated carbocycles. The van der Waals surface area contributed by atoms with Crippen LogP contribution in [0.3, 0.4) is 0 Å². The highest BCUT2D eigenvalue weighted by molar-refractivity contribution is 6.05. The van der Waals surface area contributed by atoms with Crippen LogP contribution < -0.4 is 16.5 Å². The second-order valence-electron chi connectivity index (χ2n) is 10.5. The number of aromatic nitrogens is 4. The van der Waals surface area contributed by atoms with Gasteiger partial charge in [0.15, 0.2) is 0 Å². The number of halogens is 2. The lowest BCUT2D eigenvalue weighted by molar-refractivity contribution is 0.0612. The molecule has 11 heteroatoms. The molecular formula is C31H28F2N6O3. The van der Waals surface area contributed by atoms with E-state index >= 15 is 0 Å². The number of benzene rings is 2. The zero-order valence-electron chi connectivity index (χ0n) is 22.8. The number of carbonyl (C=O) groups is 1. The van der Waals surface area contributed by atoms with Crippen molar-refractivity contribution in [2.45, 2.75) is 19.4 Å². The predicted molar refractivity (Wildman–Crippen MR) is 156 cm³/mol. The van der Waals surface area contributed by atoms with Gasteiger partial charge in [-0.3, -0.25) is 9.59 Å². The monoisotopic (exact) mass is 570 g/mol. The van der Waals surface area contributed by atoms with Crippen LogP contribution in [0, 0.1) is 17.6 Å². The molecule has 1 aliphatic rings. The second kappa shape index (κ2) is 11.2. The van der Waals surface area contributed by atoms with Gasteiger partial charge in [0.2, 0.25) is 5.43 Å². The van der Waals surface area contributed by atoms with Gasteiger partial charge in [-0.05, 0) is 54.2 Å². The first kappa shape index (κ1) is 27.3. The summed E-state index contributed by atoms with van der Waals surface area (Å²) in [4.78, 5) is 35.4. The van der Waals surface area contributed by atoms with E-state index in [0.717, 1.165) is 47.6 Å². The number of hydrogen-bond acceptors (Lipinski definition) is 6. The van der Waals surface area contributed by atoms with Crippen molar-refractivity contribution in [3.05, 3.63) is 94.8 Å². The number of rotatable bonds is 6. The first-order chi connectivity index (χ1) is 20.3. The summed E-state index contributed by atoms with van der Waals surface area (Å²) >= 11 is 0. The minimum atomic E-state index is -0.810. The Hall–Kier alpha value is -4.90. The van der Waals surface area contributed by atoms with Crippen molar-refractivity contribution < 1.29 is 18.3 Å². The van der Waals surface area contributed by atoms with Gasteiger partial charge >= 0.3 is 0 Å². The second-order valence-corrected chi connectivity index (χ2v) is 10.5. The molecule has 5 aromatic rings. The van der Waals surface area contributed by atoms with Crippen LogP contribution in [0.25, 0.3) is 33.3 Å². The molecule has 42 heavy (non-hydrogen) atoms. The van der Waals surface area contributed by atoms with Crippen LogP contribution in [0.4, 0.5) is 20.3 Å². The third-order valence-electron chi connectivity index (χ3n) is 7.54. The molecule has 9 nitrogen and oxygen atoms in total. The van der Waals surface area contributed by atoms with Crippen molar-refractivity contribution in [1.29, 1.82) is 0 Å². The molecule has 3 N–H and O–H groups in total. The Balaban J connectivity index is 1.32. The largest absolute Gasteiger partial charge is 0.383 e. The molecule has 0 radical (unpaired) electrons. The molecule has 0 spiro atoms.